The van der Waals surface area contributed by atoms with Gasteiger partial charge in [-0.25, -0.2) is 8.42 Å². The molecule has 0 spiro atoms. The number of unbranched alkanes of at least 4 members (excludes halogenated alkanes) is 2. The first kappa shape index (κ1) is 68.5. The van der Waals surface area contributed by atoms with E-state index in [9.17, 15) is 58.4 Å². The monoisotopic (exact) mass is 1320 g/mol. The number of benzene rings is 6. The van der Waals surface area contributed by atoms with Crippen LogP contribution in [0.3, 0.4) is 0 Å². The lowest BCUT2D eigenvalue weighted by Gasteiger charge is -2.27. The molecule has 4 N–H and O–H groups in total. The second-order valence-electron chi connectivity index (χ2n) is 23.9. The summed E-state index contributed by atoms with van der Waals surface area (Å²) in [5, 5.41) is 16.5. The fraction of sp³-hybridized carbons (Fsp3) is 0.353. The Balaban J connectivity index is 0.761. The van der Waals surface area contributed by atoms with E-state index in [0.29, 0.717) is 90.1 Å². The van der Waals surface area contributed by atoms with E-state index in [0.717, 1.165) is 33.6 Å². The number of hydrogen-bond donors (Lipinski definition) is 4. The van der Waals surface area contributed by atoms with E-state index in [-0.39, 0.29) is 79.1 Å². The number of amides is 2. The fourth-order valence-electron chi connectivity index (χ4n) is 12.8. The second-order valence-corrected chi connectivity index (χ2v) is 28.1. The van der Waals surface area contributed by atoms with Crippen molar-refractivity contribution in [1.29, 1.82) is 0 Å². The number of carbonyl (C=O) groups is 2. The number of carbonyl (C=O) groups excluding carboxylic acids is 2. The fourth-order valence-corrected chi connectivity index (χ4v) is 14.7. The summed E-state index contributed by atoms with van der Waals surface area (Å²) in [6, 6.07) is 26.2. The molecule has 0 unspecified atom stereocenters. The van der Waals surface area contributed by atoms with Crippen LogP contribution in [0.25, 0.3) is 32.4 Å². The molecular formula is C68H77N5O16S3. The molecule has 7 aromatic rings. The molecule has 2 aliphatic heterocycles. The minimum absolute atomic E-state index is 0.0269. The molecule has 9 rings (SSSR count). The van der Waals surface area contributed by atoms with Crippen LogP contribution in [0.2, 0.25) is 0 Å². The highest BCUT2D eigenvalue weighted by Gasteiger charge is 2.45. The number of pyridine rings is 1. The molecule has 0 bridgehead atoms. The van der Waals surface area contributed by atoms with E-state index >= 15 is 0 Å². The first-order chi connectivity index (χ1) is 43.5. The molecule has 0 saturated carbocycles. The zero-order valence-electron chi connectivity index (χ0n) is 52.7. The van der Waals surface area contributed by atoms with Gasteiger partial charge in [0.1, 0.15) is 28.5 Å². The van der Waals surface area contributed by atoms with Gasteiger partial charge < -0.3 is 43.6 Å². The molecule has 3 heterocycles. The van der Waals surface area contributed by atoms with Crippen LogP contribution in [0.15, 0.2) is 153 Å². The van der Waals surface area contributed by atoms with E-state index < -0.39 is 62.4 Å². The van der Waals surface area contributed by atoms with Gasteiger partial charge in [0.25, 0.3) is 31.7 Å². The normalized spacial score (nSPS) is 15.2. The van der Waals surface area contributed by atoms with E-state index in [1.807, 2.05) is 93.1 Å². The number of nitrogens with one attached hydrogen (secondary N) is 1. The van der Waals surface area contributed by atoms with Gasteiger partial charge >= 0.3 is 0 Å². The number of nitrogens with zero attached hydrogens (tertiary/aromatic N) is 4. The highest BCUT2D eigenvalue weighted by Crippen LogP contribution is 2.52. The summed E-state index contributed by atoms with van der Waals surface area (Å²) in [6.07, 6.45) is 12.4. The van der Waals surface area contributed by atoms with Gasteiger partial charge in [-0.3, -0.25) is 23.5 Å². The Bertz CT molecular complexity index is 4590. The summed E-state index contributed by atoms with van der Waals surface area (Å²) in [7, 11) is -11.2. The number of ether oxygens (including phenoxy) is 3. The number of fused-ring (bicyclic) bond motifs is 7. The summed E-state index contributed by atoms with van der Waals surface area (Å²) in [6.45, 7) is 14.1. The van der Waals surface area contributed by atoms with Crippen molar-refractivity contribution >= 4 is 97.4 Å². The van der Waals surface area contributed by atoms with Crippen molar-refractivity contribution in [1.82, 2.24) is 9.88 Å². The molecule has 0 atom stereocenters. The van der Waals surface area contributed by atoms with Crippen LogP contribution in [-0.2, 0) is 73.7 Å². The van der Waals surface area contributed by atoms with Gasteiger partial charge in [0.15, 0.2) is 5.71 Å². The van der Waals surface area contributed by atoms with Crippen molar-refractivity contribution < 1.29 is 72.4 Å². The Hall–Kier alpha value is -7.91. The maximum absolute atomic E-state index is 14.1. The van der Waals surface area contributed by atoms with Crippen LogP contribution in [0, 0.1) is 6.92 Å². The summed E-state index contributed by atoms with van der Waals surface area (Å²) < 4.78 is 127. The van der Waals surface area contributed by atoms with Crippen molar-refractivity contribution in [2.75, 3.05) is 76.1 Å². The van der Waals surface area contributed by atoms with Crippen LogP contribution >= 0.6 is 0 Å². The first-order valence-corrected chi connectivity index (χ1v) is 34.5. The topological polar surface area (TPSA) is 292 Å². The summed E-state index contributed by atoms with van der Waals surface area (Å²) in [5.74, 6) is -1.10. The highest BCUT2D eigenvalue weighted by molar-refractivity contribution is 7.87. The average molecular weight is 1320 g/mol. The number of allylic oxidation sites excluding steroid dienone is 6. The summed E-state index contributed by atoms with van der Waals surface area (Å²) >= 11 is 0. The van der Waals surface area contributed by atoms with Gasteiger partial charge in [-0.15, -0.1) is 0 Å². The van der Waals surface area contributed by atoms with Gasteiger partial charge in [0.05, 0.1) is 65.3 Å². The van der Waals surface area contributed by atoms with E-state index in [1.54, 1.807) is 50.4 Å². The lowest BCUT2D eigenvalue weighted by atomic mass is 9.79. The molecule has 6 aromatic carbocycles. The number of hydrogen-bond acceptors (Lipinski definition) is 15. The Labute approximate surface area is 536 Å². The molecule has 488 valence electrons. The third-order valence-electron chi connectivity index (χ3n) is 17.2. The summed E-state index contributed by atoms with van der Waals surface area (Å²) in [4.78, 5) is 42.5. The Kier molecular flexibility index (Phi) is 20.6. The van der Waals surface area contributed by atoms with E-state index in [4.69, 9.17) is 14.2 Å². The molecule has 0 radical (unpaired) electrons. The molecular weight excluding hydrogens is 1240 g/mol. The molecule has 0 aliphatic carbocycles. The quantitative estimate of drug-likeness (QED) is 0.0161. The Morgan fingerprint density at radius 3 is 2.03 bits per heavy atom. The van der Waals surface area contributed by atoms with Gasteiger partial charge in [-0.2, -0.15) is 21.4 Å². The maximum atomic E-state index is 14.1. The van der Waals surface area contributed by atoms with Crippen molar-refractivity contribution in [3.05, 3.63) is 171 Å². The van der Waals surface area contributed by atoms with Crippen LogP contribution in [0.4, 0.5) is 17.1 Å². The predicted octanol–water partition coefficient (Wildman–Crippen LogP) is 9.69. The SMILES string of the molecule is CCc1cccc2c1c(O)c(C(=O)N(CCOCCOCCOCCNC(=O)CCCCCN1/C(=C/C=C/C=C/C3=[N+](C)c4ccc5c(S(=O)(=O)[O-])cc(S(=O)(=O)O)cc5c4C3(C)C)C(C)(C)c3c1ccc1c(C)cc(S(=O)(=O)O)cc31)c1ccccc1)c(=O)n2C. The number of anilines is 2. The van der Waals surface area contributed by atoms with Crippen LogP contribution < -0.4 is 20.7 Å². The Morgan fingerprint density at radius 1 is 0.728 bits per heavy atom. The zero-order chi connectivity index (χ0) is 66.7. The average Bonchev–Trinajstić information content (AvgIpc) is 1.51. The molecule has 2 aliphatic rings. The molecule has 1 aromatic heterocycles. The molecule has 92 heavy (non-hydrogen) atoms. The number of aromatic nitrogens is 1. The standard InChI is InChI=1S/C68H77N5O16S3/c1-9-45-20-19-23-53-60(45)64(75)61(65(76)71(53)8)66(77)72(46-21-13-10-14-22-46)33-35-88-37-39-89-38-36-87-34-31-69-59(74)26-17-12-18-32-73-55-30-27-49-44(2)40-47(90(78,79)80)41-51(49)63(55)68(5,6)58(73)25-16-11-15-24-57-67(3,4)62-52-42-48(91(81,82)83)43-56(92(84,85)86)50(52)28-29-54(62)70(57)7/h10-11,13-16,19-25,27-30,40-43H,9,12,17-18,26,31-39H2,1-8H3,(H4-,69,74,75,76,77,78,79,80,81,82,83,84,85,86). The molecule has 21 nitrogen and oxygen atoms in total. The number of aromatic hydroxyl groups is 1. The van der Waals surface area contributed by atoms with E-state index in [2.05, 4.69) is 24.1 Å². The van der Waals surface area contributed by atoms with Crippen LogP contribution in [0.5, 0.6) is 5.75 Å². The van der Waals surface area contributed by atoms with Crippen molar-refractivity contribution in [3.8, 4) is 5.75 Å². The third-order valence-corrected chi connectivity index (χ3v) is 19.8. The molecule has 2 amide bonds. The molecule has 0 saturated heterocycles. The highest BCUT2D eigenvalue weighted by atomic mass is 32.2. The van der Waals surface area contributed by atoms with Crippen LogP contribution in [0.1, 0.15) is 92.9 Å². The number of para-hydroxylation sites is 1. The zero-order valence-corrected chi connectivity index (χ0v) is 55.1. The van der Waals surface area contributed by atoms with E-state index in [1.165, 1.54) is 33.7 Å². The lowest BCUT2D eigenvalue weighted by Crippen LogP contribution is -2.38. The largest absolute Gasteiger partial charge is 0.744 e. The maximum Gasteiger partial charge on any atom is 0.294 e. The minimum Gasteiger partial charge on any atom is -0.744 e. The van der Waals surface area contributed by atoms with Crippen molar-refractivity contribution in [2.45, 2.75) is 99.2 Å². The lowest BCUT2D eigenvalue weighted by molar-refractivity contribution is -0.401. The molecule has 24 heteroatoms. The van der Waals surface area contributed by atoms with Gasteiger partial charge in [-0.05, 0) is 134 Å². The summed E-state index contributed by atoms with van der Waals surface area (Å²) in [5.41, 5.74) is 4.77. The molecule has 0 fully saturated rings. The van der Waals surface area contributed by atoms with Gasteiger partial charge in [0.2, 0.25) is 11.6 Å². The Morgan fingerprint density at radius 2 is 1.37 bits per heavy atom. The second kappa shape index (κ2) is 27.7. The van der Waals surface area contributed by atoms with Crippen molar-refractivity contribution in [2.24, 2.45) is 7.05 Å². The smallest absolute Gasteiger partial charge is 0.294 e. The third kappa shape index (κ3) is 14.2. The first-order valence-electron chi connectivity index (χ1n) is 30.2. The minimum atomic E-state index is -5.15. The van der Waals surface area contributed by atoms with Gasteiger partial charge in [0, 0.05) is 84.1 Å². The van der Waals surface area contributed by atoms with Crippen LogP contribution in [-0.4, -0.2) is 137 Å². The van der Waals surface area contributed by atoms with Gasteiger partial charge in [-0.1, -0.05) is 81.8 Å². The number of aryl methyl sites for hydroxylation is 3. The van der Waals surface area contributed by atoms with Crippen molar-refractivity contribution in [3.63, 3.8) is 0 Å². The number of rotatable bonds is 27. The predicted molar refractivity (Wildman–Crippen MR) is 353 cm³/mol.